The van der Waals surface area contributed by atoms with Crippen molar-refractivity contribution in [1.29, 1.82) is 0 Å². The number of ether oxygens (including phenoxy) is 1. The molecule has 1 aromatic carbocycles. The van der Waals surface area contributed by atoms with Gasteiger partial charge in [-0.25, -0.2) is 4.79 Å². The molecule has 0 radical (unpaired) electrons. The zero-order valence-electron chi connectivity index (χ0n) is 11.8. The number of anilines is 1. The fourth-order valence-corrected chi connectivity index (χ4v) is 1.65. The first-order chi connectivity index (χ1) is 9.60. The Morgan fingerprint density at radius 1 is 1.35 bits per heavy atom. The molecule has 6 nitrogen and oxygen atoms in total. The zero-order valence-corrected chi connectivity index (χ0v) is 11.8. The molecule has 0 spiro atoms. The van der Waals surface area contributed by atoms with E-state index in [-0.39, 0.29) is 6.61 Å². The van der Waals surface area contributed by atoms with E-state index in [4.69, 9.17) is 9.26 Å². The normalized spacial score (nSPS) is 10.3. The average Bonchev–Trinajstić information content (AvgIpc) is 2.89. The number of hydrogen-bond donors (Lipinski definition) is 0. The summed E-state index contributed by atoms with van der Waals surface area (Å²) in [6.45, 7) is 4.66. The average molecular weight is 275 g/mol. The van der Waals surface area contributed by atoms with Crippen LogP contribution in [0.25, 0.3) is 0 Å². The minimum absolute atomic E-state index is 0.00673. The Morgan fingerprint density at radius 2 is 2.05 bits per heavy atom. The lowest BCUT2D eigenvalue weighted by molar-refractivity contribution is 0.0459. The van der Waals surface area contributed by atoms with Crippen molar-refractivity contribution >= 4 is 11.7 Å². The highest BCUT2D eigenvalue weighted by Gasteiger charge is 2.10. The minimum atomic E-state index is -0.404. The third kappa shape index (κ3) is 3.34. The Bertz CT molecular complexity index is 578. The highest BCUT2D eigenvalue weighted by atomic mass is 16.5. The number of benzene rings is 1. The topological polar surface area (TPSA) is 68.5 Å². The highest BCUT2D eigenvalue weighted by molar-refractivity contribution is 5.89. The van der Waals surface area contributed by atoms with Crippen LogP contribution in [-0.4, -0.2) is 29.7 Å². The molecule has 0 atom stereocenters. The van der Waals surface area contributed by atoms with E-state index in [1.807, 2.05) is 19.2 Å². The van der Waals surface area contributed by atoms with Crippen LogP contribution in [0, 0.1) is 6.92 Å². The summed E-state index contributed by atoms with van der Waals surface area (Å²) < 4.78 is 9.92. The van der Waals surface area contributed by atoms with Gasteiger partial charge in [0.05, 0.1) is 5.56 Å². The summed E-state index contributed by atoms with van der Waals surface area (Å²) in [5.74, 6) is 0.402. The van der Waals surface area contributed by atoms with Gasteiger partial charge in [0.2, 0.25) is 11.7 Å². The van der Waals surface area contributed by atoms with Crippen LogP contribution in [0.15, 0.2) is 28.8 Å². The fourth-order valence-electron chi connectivity index (χ4n) is 1.65. The quantitative estimate of drug-likeness (QED) is 0.779. The van der Waals surface area contributed by atoms with Gasteiger partial charge in [0.1, 0.15) is 0 Å². The molecule has 0 amide bonds. The van der Waals surface area contributed by atoms with Gasteiger partial charge in [-0.2, -0.15) is 4.98 Å². The lowest BCUT2D eigenvalue weighted by Gasteiger charge is -2.16. The molecule has 1 aromatic heterocycles. The van der Waals surface area contributed by atoms with Crippen LogP contribution in [-0.2, 0) is 11.3 Å². The largest absolute Gasteiger partial charge is 0.454 e. The molecular weight excluding hydrogens is 258 g/mol. The summed E-state index contributed by atoms with van der Waals surface area (Å²) in [5, 5.41) is 3.66. The molecule has 0 aliphatic carbocycles. The number of rotatable bonds is 5. The molecule has 0 saturated heterocycles. The fraction of sp³-hybridized carbons (Fsp3) is 0.357. The number of esters is 1. The van der Waals surface area contributed by atoms with Gasteiger partial charge in [-0.3, -0.25) is 0 Å². The third-order valence-corrected chi connectivity index (χ3v) is 2.92. The molecule has 1 heterocycles. The molecule has 0 N–H and O–H groups in total. The molecule has 106 valence electrons. The molecule has 0 unspecified atom stereocenters. The van der Waals surface area contributed by atoms with E-state index in [1.165, 1.54) is 0 Å². The molecule has 2 rings (SSSR count). The van der Waals surface area contributed by atoms with Crippen LogP contribution in [0.4, 0.5) is 5.69 Å². The second kappa shape index (κ2) is 6.18. The van der Waals surface area contributed by atoms with E-state index >= 15 is 0 Å². The Hall–Kier alpha value is -2.37. The maximum Gasteiger partial charge on any atom is 0.338 e. The van der Waals surface area contributed by atoms with E-state index in [2.05, 4.69) is 22.0 Å². The predicted molar refractivity (Wildman–Crippen MR) is 73.5 cm³/mol. The lowest BCUT2D eigenvalue weighted by atomic mass is 10.2. The number of carbonyl (C=O) groups is 1. The first-order valence-electron chi connectivity index (χ1n) is 6.37. The maximum atomic E-state index is 11.9. The first kappa shape index (κ1) is 14.0. The molecule has 0 fully saturated rings. The van der Waals surface area contributed by atoms with Crippen molar-refractivity contribution in [3.8, 4) is 0 Å². The van der Waals surface area contributed by atoms with Gasteiger partial charge in [0, 0.05) is 26.2 Å². The smallest absolute Gasteiger partial charge is 0.338 e. The SMILES string of the molecule is CCN(C)c1ccc(C(=O)OCc2noc(C)n2)cc1. The van der Waals surface area contributed by atoms with Gasteiger partial charge < -0.3 is 14.2 Å². The summed E-state index contributed by atoms with van der Waals surface area (Å²) in [5.41, 5.74) is 1.55. The molecule has 0 saturated carbocycles. The van der Waals surface area contributed by atoms with E-state index in [1.54, 1.807) is 19.1 Å². The van der Waals surface area contributed by atoms with Crippen molar-refractivity contribution in [2.45, 2.75) is 20.5 Å². The van der Waals surface area contributed by atoms with Crippen LogP contribution in [0.3, 0.4) is 0 Å². The van der Waals surface area contributed by atoms with Crippen molar-refractivity contribution in [1.82, 2.24) is 10.1 Å². The van der Waals surface area contributed by atoms with Gasteiger partial charge >= 0.3 is 5.97 Å². The highest BCUT2D eigenvalue weighted by Crippen LogP contribution is 2.14. The molecule has 20 heavy (non-hydrogen) atoms. The monoisotopic (exact) mass is 275 g/mol. The molecular formula is C14H17N3O3. The van der Waals surface area contributed by atoms with Gasteiger partial charge in [-0.1, -0.05) is 5.16 Å². The lowest BCUT2D eigenvalue weighted by Crippen LogP contribution is -2.15. The van der Waals surface area contributed by atoms with E-state index in [9.17, 15) is 4.79 Å². The van der Waals surface area contributed by atoms with Crippen LogP contribution in [0.5, 0.6) is 0 Å². The molecule has 0 bridgehead atoms. The molecule has 2 aromatic rings. The van der Waals surface area contributed by atoms with Crippen LogP contribution in [0.1, 0.15) is 29.0 Å². The van der Waals surface area contributed by atoms with Crippen molar-refractivity contribution in [2.75, 3.05) is 18.5 Å². The molecule has 6 heteroatoms. The van der Waals surface area contributed by atoms with Crippen molar-refractivity contribution < 1.29 is 14.1 Å². The number of nitrogens with zero attached hydrogens (tertiary/aromatic N) is 3. The summed E-state index contributed by atoms with van der Waals surface area (Å²) >= 11 is 0. The van der Waals surface area contributed by atoms with E-state index < -0.39 is 5.97 Å². The van der Waals surface area contributed by atoms with Gasteiger partial charge in [-0.05, 0) is 31.2 Å². The first-order valence-corrected chi connectivity index (χ1v) is 6.37. The second-order valence-electron chi connectivity index (χ2n) is 4.37. The van der Waals surface area contributed by atoms with Crippen molar-refractivity contribution in [2.24, 2.45) is 0 Å². The van der Waals surface area contributed by atoms with Crippen LogP contribution < -0.4 is 4.90 Å². The van der Waals surface area contributed by atoms with Gasteiger partial charge in [-0.15, -0.1) is 0 Å². The van der Waals surface area contributed by atoms with E-state index in [0.29, 0.717) is 17.3 Å². The zero-order chi connectivity index (χ0) is 14.5. The molecule has 0 aliphatic heterocycles. The minimum Gasteiger partial charge on any atom is -0.454 e. The number of aromatic nitrogens is 2. The predicted octanol–water partition coefficient (Wildman–Crippen LogP) is 2.19. The number of carbonyl (C=O) groups excluding carboxylic acids is 1. The second-order valence-corrected chi connectivity index (χ2v) is 4.37. The summed E-state index contributed by atoms with van der Waals surface area (Å²) in [7, 11) is 1.99. The number of aryl methyl sites for hydroxylation is 1. The third-order valence-electron chi connectivity index (χ3n) is 2.92. The summed E-state index contributed by atoms with van der Waals surface area (Å²) in [6.07, 6.45) is 0. The van der Waals surface area contributed by atoms with Gasteiger partial charge in [0.25, 0.3) is 0 Å². The van der Waals surface area contributed by atoms with Crippen LogP contribution in [0.2, 0.25) is 0 Å². The molecule has 0 aliphatic rings. The summed E-state index contributed by atoms with van der Waals surface area (Å²) in [4.78, 5) is 17.9. The Balaban J connectivity index is 1.95. The Labute approximate surface area is 117 Å². The van der Waals surface area contributed by atoms with Crippen LogP contribution >= 0.6 is 0 Å². The standard InChI is InChI=1S/C14H17N3O3/c1-4-17(3)12-7-5-11(6-8-12)14(18)19-9-13-15-10(2)20-16-13/h5-8H,4,9H2,1-3H3. The van der Waals surface area contributed by atoms with E-state index in [0.717, 1.165) is 12.2 Å². The Kier molecular flexibility index (Phi) is 4.34. The van der Waals surface area contributed by atoms with Crippen molar-refractivity contribution in [3.63, 3.8) is 0 Å². The number of hydrogen-bond acceptors (Lipinski definition) is 6. The van der Waals surface area contributed by atoms with Gasteiger partial charge in [0.15, 0.2) is 6.61 Å². The maximum absolute atomic E-state index is 11.9. The summed E-state index contributed by atoms with van der Waals surface area (Å²) in [6, 6.07) is 7.26. The van der Waals surface area contributed by atoms with Crippen molar-refractivity contribution in [3.05, 3.63) is 41.5 Å². The Morgan fingerprint density at radius 3 is 2.60 bits per heavy atom.